The Labute approximate surface area is 387 Å². The average Bonchev–Trinajstić information content (AvgIpc) is 3.85. The van der Waals surface area contributed by atoms with Crippen LogP contribution in [0.5, 0.6) is 5.75 Å². The van der Waals surface area contributed by atoms with Crippen molar-refractivity contribution in [2.45, 2.75) is 62.8 Å². The number of hydrogen-bond acceptors (Lipinski definition) is 8. The molecule has 3 heterocycles. The van der Waals surface area contributed by atoms with Crippen LogP contribution in [0.2, 0.25) is 0 Å². The summed E-state index contributed by atoms with van der Waals surface area (Å²) in [4.78, 5) is 85.9. The molecule has 13 nitrogen and oxygen atoms in total. The van der Waals surface area contributed by atoms with Gasteiger partial charge in [0.15, 0.2) is 6.61 Å². The van der Waals surface area contributed by atoms with Crippen LogP contribution in [-0.4, -0.2) is 82.8 Å². The lowest BCUT2D eigenvalue weighted by Gasteiger charge is -2.29. The van der Waals surface area contributed by atoms with Crippen molar-refractivity contribution in [1.82, 2.24) is 26.2 Å². The zero-order valence-electron chi connectivity index (χ0n) is 36.1. The number of aliphatic carboxylic acids is 1. The van der Waals surface area contributed by atoms with Gasteiger partial charge in [-0.2, -0.15) is 0 Å². The molecule has 66 heavy (non-hydrogen) atoms. The maximum atomic E-state index is 14.7. The minimum absolute atomic E-state index is 0.0289. The molecular formula is C52H51N5O8S. The van der Waals surface area contributed by atoms with Gasteiger partial charge in [0.2, 0.25) is 23.6 Å². The summed E-state index contributed by atoms with van der Waals surface area (Å²) in [6, 6.07) is 41.3. The Balaban J connectivity index is 1.24. The fourth-order valence-electron chi connectivity index (χ4n) is 7.73. The standard InChI is InChI=1S/C52H51N5O8S/c58-47-34-65-41-25-20-37(21-26-41)30-46(52(64)57(33-48(59)60)32-38-13-6-2-7-14-38)56-49(61)43(27-22-35-11-4-1-5-12-35)54-50(62)44(55-51(63)45(53-47)31-42-17-10-28-66-42)29-36-18-23-40(24-19-36)39-15-8-3-9-16-39/h1-21,23-26,28,43-46H,22,27,29-34H2,(H,53,58)(H,54,62)(H,55,63)(H,56,61)(H,59,60)/t43-,44+,45-,46+/m1/s1. The van der Waals surface area contributed by atoms with Crippen molar-refractivity contribution in [3.63, 3.8) is 0 Å². The number of hydrogen-bond donors (Lipinski definition) is 5. The van der Waals surface area contributed by atoms with Gasteiger partial charge in [0.05, 0.1) is 0 Å². The van der Waals surface area contributed by atoms with Gasteiger partial charge < -0.3 is 36.0 Å². The largest absolute Gasteiger partial charge is 0.484 e. The van der Waals surface area contributed by atoms with Crippen LogP contribution >= 0.6 is 11.3 Å². The second-order valence-electron chi connectivity index (χ2n) is 16.1. The summed E-state index contributed by atoms with van der Waals surface area (Å²) in [5.74, 6) is -4.07. The number of benzene rings is 5. The van der Waals surface area contributed by atoms with Gasteiger partial charge in [0, 0.05) is 30.7 Å². The number of nitrogens with zero attached hydrogens (tertiary/aromatic N) is 1. The van der Waals surface area contributed by atoms with E-state index in [0.29, 0.717) is 23.3 Å². The number of amides is 5. The molecule has 5 N–H and O–H groups in total. The first-order valence-electron chi connectivity index (χ1n) is 21.7. The summed E-state index contributed by atoms with van der Waals surface area (Å²) in [5.41, 5.74) is 4.87. The first kappa shape index (κ1) is 46.4. The Kier molecular flexibility index (Phi) is 16.1. The number of rotatable bonds is 13. The van der Waals surface area contributed by atoms with Gasteiger partial charge in [-0.15, -0.1) is 11.3 Å². The molecule has 4 atom stereocenters. The Morgan fingerprint density at radius 3 is 1.83 bits per heavy atom. The number of nitrogens with one attached hydrogen (secondary N) is 4. The highest BCUT2D eigenvalue weighted by atomic mass is 32.1. The maximum Gasteiger partial charge on any atom is 0.323 e. The van der Waals surface area contributed by atoms with Crippen molar-refractivity contribution < 1.29 is 38.6 Å². The number of carbonyl (C=O) groups excluding carboxylic acids is 5. The van der Waals surface area contributed by atoms with E-state index >= 15 is 0 Å². The third kappa shape index (κ3) is 13.5. The highest BCUT2D eigenvalue weighted by Crippen LogP contribution is 2.21. The summed E-state index contributed by atoms with van der Waals surface area (Å²) < 4.78 is 5.82. The normalized spacial score (nSPS) is 18.2. The second kappa shape index (κ2) is 22.9. The van der Waals surface area contributed by atoms with E-state index in [1.165, 1.54) is 16.2 Å². The first-order valence-corrected chi connectivity index (χ1v) is 22.6. The molecule has 2 aliphatic rings. The molecule has 5 aromatic carbocycles. The van der Waals surface area contributed by atoms with Crippen molar-refractivity contribution in [2.75, 3.05) is 13.2 Å². The van der Waals surface area contributed by atoms with E-state index in [1.807, 2.05) is 109 Å². The fourth-order valence-corrected chi connectivity index (χ4v) is 8.48. The van der Waals surface area contributed by atoms with Crippen LogP contribution < -0.4 is 26.0 Å². The van der Waals surface area contributed by atoms with Gasteiger partial charge in [-0.1, -0.05) is 133 Å². The number of fused-ring (bicyclic) bond motifs is 16. The van der Waals surface area contributed by atoms with Crippen LogP contribution in [0.3, 0.4) is 0 Å². The Morgan fingerprint density at radius 1 is 0.606 bits per heavy atom. The van der Waals surface area contributed by atoms with Crippen LogP contribution in [0, 0.1) is 0 Å². The van der Waals surface area contributed by atoms with Gasteiger partial charge >= 0.3 is 5.97 Å². The molecule has 0 aliphatic carbocycles. The monoisotopic (exact) mass is 905 g/mol. The van der Waals surface area contributed by atoms with E-state index in [2.05, 4.69) is 21.3 Å². The third-order valence-corrected chi connectivity index (χ3v) is 12.1. The third-order valence-electron chi connectivity index (χ3n) is 11.2. The number of carboxylic acid groups (broad SMARTS) is 1. The summed E-state index contributed by atoms with van der Waals surface area (Å²) >= 11 is 1.42. The molecule has 0 spiro atoms. The SMILES string of the molecule is O=C(O)CN(Cc1ccccc1)C(=O)[C@@H]1Cc2ccc(cc2)OCC(=O)N[C@H](Cc2cccs2)C(=O)N[C@@H](Cc2ccc(-c3ccccc3)cc2)C(=O)N[C@H](CCc2ccccc2)C(=O)N1. The van der Waals surface area contributed by atoms with Gasteiger partial charge in [-0.05, 0) is 69.8 Å². The number of aryl methyl sites for hydroxylation is 1. The van der Waals surface area contributed by atoms with Crippen LogP contribution in [0.1, 0.15) is 33.6 Å². The van der Waals surface area contributed by atoms with Gasteiger partial charge in [-0.3, -0.25) is 28.8 Å². The van der Waals surface area contributed by atoms with Gasteiger partial charge in [0.25, 0.3) is 5.91 Å². The quantitative estimate of drug-likeness (QED) is 0.0940. The molecule has 0 saturated carbocycles. The molecule has 0 unspecified atom stereocenters. The lowest BCUT2D eigenvalue weighted by Crippen LogP contribution is -2.59. The topological polar surface area (TPSA) is 183 Å². The molecular weight excluding hydrogens is 855 g/mol. The molecule has 8 rings (SSSR count). The fraction of sp³-hybridized carbons (Fsp3) is 0.231. The van der Waals surface area contributed by atoms with Crippen LogP contribution in [0.4, 0.5) is 0 Å². The number of carboxylic acids is 1. The van der Waals surface area contributed by atoms with Crippen molar-refractivity contribution >= 4 is 46.8 Å². The van der Waals surface area contributed by atoms with Crippen molar-refractivity contribution in [2.24, 2.45) is 0 Å². The zero-order valence-corrected chi connectivity index (χ0v) is 37.0. The Morgan fingerprint density at radius 2 is 1.20 bits per heavy atom. The molecule has 2 aliphatic heterocycles. The minimum atomic E-state index is -1.27. The number of ether oxygens (including phenoxy) is 1. The molecule has 5 amide bonds. The average molecular weight is 906 g/mol. The molecule has 0 fully saturated rings. The van der Waals surface area contributed by atoms with E-state index in [4.69, 9.17) is 4.74 Å². The summed E-state index contributed by atoms with van der Waals surface area (Å²) in [5, 5.41) is 23.3. The smallest absolute Gasteiger partial charge is 0.323 e. The van der Waals surface area contributed by atoms with Crippen molar-refractivity contribution in [3.8, 4) is 16.9 Å². The highest BCUT2D eigenvalue weighted by molar-refractivity contribution is 7.09. The van der Waals surface area contributed by atoms with Crippen LogP contribution in [-0.2, 0) is 61.0 Å². The zero-order chi connectivity index (χ0) is 46.3. The molecule has 0 saturated heterocycles. The molecule has 338 valence electrons. The molecule has 14 heteroatoms. The van der Waals surface area contributed by atoms with E-state index < -0.39 is 72.8 Å². The molecule has 0 radical (unpaired) electrons. The maximum absolute atomic E-state index is 14.7. The molecule has 6 aromatic rings. The highest BCUT2D eigenvalue weighted by Gasteiger charge is 2.34. The van der Waals surface area contributed by atoms with Gasteiger partial charge in [0.1, 0.15) is 36.5 Å². The summed E-state index contributed by atoms with van der Waals surface area (Å²) in [6.07, 6.45) is 0.607. The van der Waals surface area contributed by atoms with Gasteiger partial charge in [-0.25, -0.2) is 0 Å². The predicted octanol–water partition coefficient (Wildman–Crippen LogP) is 5.52. The molecule has 2 bridgehead atoms. The number of thiophene rings is 1. The lowest BCUT2D eigenvalue weighted by atomic mass is 9.99. The lowest BCUT2D eigenvalue weighted by molar-refractivity contribution is -0.146. The Bertz CT molecular complexity index is 2560. The second-order valence-corrected chi connectivity index (χ2v) is 17.1. The van der Waals surface area contributed by atoms with E-state index in [9.17, 15) is 33.9 Å². The van der Waals surface area contributed by atoms with E-state index in [1.54, 1.807) is 48.5 Å². The summed E-state index contributed by atoms with van der Waals surface area (Å²) in [6.45, 7) is -1.10. The van der Waals surface area contributed by atoms with Crippen molar-refractivity contribution in [3.05, 3.63) is 184 Å². The van der Waals surface area contributed by atoms with Crippen LogP contribution in [0.15, 0.2) is 157 Å². The predicted molar refractivity (Wildman–Crippen MR) is 251 cm³/mol. The van der Waals surface area contributed by atoms with Crippen LogP contribution in [0.25, 0.3) is 11.1 Å². The van der Waals surface area contributed by atoms with Crippen molar-refractivity contribution in [1.29, 1.82) is 0 Å². The Hall–Kier alpha value is -7.58. The first-order chi connectivity index (χ1) is 32.1. The molecule has 1 aromatic heterocycles. The minimum Gasteiger partial charge on any atom is -0.484 e. The summed E-state index contributed by atoms with van der Waals surface area (Å²) in [7, 11) is 0. The number of carbonyl (C=O) groups is 6. The van der Waals surface area contributed by atoms with E-state index in [-0.39, 0.29) is 32.2 Å². The van der Waals surface area contributed by atoms with E-state index in [0.717, 1.165) is 27.1 Å².